The summed E-state index contributed by atoms with van der Waals surface area (Å²) in [5.41, 5.74) is 2.11. The van der Waals surface area contributed by atoms with Gasteiger partial charge in [-0.1, -0.05) is 42.5 Å². The molecule has 1 fully saturated rings. The molecule has 1 amide bonds. The third kappa shape index (κ3) is 5.63. The fraction of sp³-hybridized carbons (Fsp3) is 0.308. The number of alkyl halides is 3. The molecule has 0 unspecified atom stereocenters. The summed E-state index contributed by atoms with van der Waals surface area (Å²) in [6.07, 6.45) is -4.49. The Balaban J connectivity index is 1.69. The zero-order valence-electron chi connectivity index (χ0n) is 18.9. The second-order valence-corrected chi connectivity index (χ2v) is 8.17. The molecule has 1 aliphatic heterocycles. The first-order chi connectivity index (χ1) is 16.3. The quantitative estimate of drug-likeness (QED) is 0.563. The molecule has 178 valence electrons. The molecular formula is C26H26F3N3O2. The average Bonchev–Trinajstić information content (AvgIpc) is 2.84. The van der Waals surface area contributed by atoms with Crippen molar-refractivity contribution in [3.05, 3.63) is 77.5 Å². The van der Waals surface area contributed by atoms with E-state index in [0.29, 0.717) is 48.8 Å². The number of rotatable bonds is 6. The van der Waals surface area contributed by atoms with Crippen molar-refractivity contribution in [3.63, 3.8) is 0 Å². The summed E-state index contributed by atoms with van der Waals surface area (Å²) < 4.78 is 45.6. The first-order valence-electron chi connectivity index (χ1n) is 11.2. The van der Waals surface area contributed by atoms with Crippen molar-refractivity contribution in [2.75, 3.05) is 39.4 Å². The van der Waals surface area contributed by atoms with E-state index in [2.05, 4.69) is 15.2 Å². The minimum Gasteiger partial charge on any atom is -0.379 e. The highest BCUT2D eigenvalue weighted by atomic mass is 19.4. The predicted octanol–water partition coefficient (Wildman–Crippen LogP) is 4.80. The number of aromatic nitrogens is 1. The third-order valence-corrected chi connectivity index (χ3v) is 5.82. The number of morpholine rings is 1. The second kappa shape index (κ2) is 10.4. The lowest BCUT2D eigenvalue weighted by molar-refractivity contribution is -0.137. The Kier molecular flexibility index (Phi) is 7.29. The van der Waals surface area contributed by atoms with E-state index in [1.54, 1.807) is 19.1 Å². The molecule has 1 aliphatic rings. The van der Waals surface area contributed by atoms with E-state index in [0.717, 1.165) is 30.8 Å². The number of carbonyl (C=O) groups is 1. The number of hydrogen-bond acceptors (Lipinski definition) is 4. The molecule has 2 aromatic carbocycles. The van der Waals surface area contributed by atoms with Gasteiger partial charge in [-0.15, -0.1) is 0 Å². The lowest BCUT2D eigenvalue weighted by atomic mass is 9.94. The van der Waals surface area contributed by atoms with Gasteiger partial charge in [0, 0.05) is 31.7 Å². The van der Waals surface area contributed by atoms with Gasteiger partial charge in [0.15, 0.2) is 0 Å². The van der Waals surface area contributed by atoms with Gasteiger partial charge in [0.05, 0.1) is 35.7 Å². The van der Waals surface area contributed by atoms with Crippen molar-refractivity contribution < 1.29 is 22.7 Å². The van der Waals surface area contributed by atoms with Gasteiger partial charge in [0.1, 0.15) is 0 Å². The van der Waals surface area contributed by atoms with Crippen molar-refractivity contribution in [2.24, 2.45) is 0 Å². The van der Waals surface area contributed by atoms with E-state index in [1.165, 1.54) is 6.07 Å². The van der Waals surface area contributed by atoms with E-state index in [9.17, 15) is 18.0 Å². The molecule has 5 nitrogen and oxygen atoms in total. The maximum atomic E-state index is 13.4. The largest absolute Gasteiger partial charge is 0.416 e. The first-order valence-corrected chi connectivity index (χ1v) is 11.2. The molecular weight excluding hydrogens is 443 g/mol. The Morgan fingerprint density at radius 1 is 1.03 bits per heavy atom. The van der Waals surface area contributed by atoms with Crippen molar-refractivity contribution in [1.29, 1.82) is 0 Å². The van der Waals surface area contributed by atoms with Crippen LogP contribution >= 0.6 is 0 Å². The maximum Gasteiger partial charge on any atom is 0.416 e. The van der Waals surface area contributed by atoms with E-state index < -0.39 is 11.7 Å². The Bertz CT molecular complexity index is 1140. The summed E-state index contributed by atoms with van der Waals surface area (Å²) in [6.45, 7) is 5.73. The van der Waals surface area contributed by atoms with Crippen LogP contribution in [0, 0.1) is 6.92 Å². The van der Waals surface area contributed by atoms with Crippen LogP contribution in [0.15, 0.2) is 60.7 Å². The average molecular weight is 470 g/mol. The zero-order chi connectivity index (χ0) is 24.1. The summed E-state index contributed by atoms with van der Waals surface area (Å²) in [7, 11) is 0. The number of nitrogens with one attached hydrogen (secondary N) is 1. The van der Waals surface area contributed by atoms with Crippen molar-refractivity contribution in [2.45, 2.75) is 13.1 Å². The van der Waals surface area contributed by atoms with Crippen molar-refractivity contribution >= 4 is 5.91 Å². The van der Waals surface area contributed by atoms with Gasteiger partial charge in [-0.25, -0.2) is 0 Å². The lowest BCUT2D eigenvalue weighted by Crippen LogP contribution is -2.41. The minimum atomic E-state index is -4.49. The summed E-state index contributed by atoms with van der Waals surface area (Å²) in [6, 6.07) is 16.1. The van der Waals surface area contributed by atoms with Crippen LogP contribution in [0.5, 0.6) is 0 Å². The number of ether oxygens (including phenoxy) is 1. The molecule has 0 atom stereocenters. The van der Waals surface area contributed by atoms with Crippen LogP contribution < -0.4 is 5.32 Å². The van der Waals surface area contributed by atoms with Crippen LogP contribution in [0.3, 0.4) is 0 Å². The molecule has 4 rings (SSSR count). The Morgan fingerprint density at radius 3 is 2.44 bits per heavy atom. The molecule has 0 bridgehead atoms. The zero-order valence-corrected chi connectivity index (χ0v) is 18.9. The smallest absolute Gasteiger partial charge is 0.379 e. The van der Waals surface area contributed by atoms with Gasteiger partial charge < -0.3 is 10.1 Å². The highest BCUT2D eigenvalue weighted by Crippen LogP contribution is 2.35. The van der Waals surface area contributed by atoms with E-state index in [1.807, 2.05) is 30.3 Å². The lowest BCUT2D eigenvalue weighted by Gasteiger charge is -2.26. The number of benzene rings is 2. The molecule has 0 spiro atoms. The number of halogens is 3. The standard InChI is InChI=1S/C26H26F3N3O2/c1-18-24(25(33)30-10-11-32-12-14-34-15-13-32)22(17-23(31-18)19-6-3-2-4-7-19)20-8-5-9-21(16-20)26(27,28)29/h2-9,16-17H,10-15H2,1H3,(H,30,33). The number of pyridine rings is 1. The van der Waals surface area contributed by atoms with E-state index in [4.69, 9.17) is 4.74 Å². The van der Waals surface area contributed by atoms with Gasteiger partial charge in [0.25, 0.3) is 5.91 Å². The molecule has 8 heteroatoms. The number of aryl methyl sites for hydroxylation is 1. The SMILES string of the molecule is Cc1nc(-c2ccccc2)cc(-c2cccc(C(F)(F)F)c2)c1C(=O)NCCN1CCOCC1. The number of hydrogen-bond donors (Lipinski definition) is 1. The molecule has 1 saturated heterocycles. The Morgan fingerprint density at radius 2 is 1.74 bits per heavy atom. The minimum absolute atomic E-state index is 0.279. The van der Waals surface area contributed by atoms with Crippen molar-refractivity contribution in [1.82, 2.24) is 15.2 Å². The van der Waals surface area contributed by atoms with Crippen LogP contribution in [0.1, 0.15) is 21.6 Å². The molecule has 2 heterocycles. The first kappa shape index (κ1) is 23.9. The maximum absolute atomic E-state index is 13.4. The van der Waals surface area contributed by atoms with Crippen LogP contribution in [0.2, 0.25) is 0 Å². The van der Waals surface area contributed by atoms with Gasteiger partial charge in [-0.2, -0.15) is 13.2 Å². The fourth-order valence-electron chi connectivity index (χ4n) is 4.05. The van der Waals surface area contributed by atoms with Crippen LogP contribution in [-0.4, -0.2) is 55.2 Å². The van der Waals surface area contributed by atoms with Crippen LogP contribution in [0.4, 0.5) is 13.2 Å². The summed E-state index contributed by atoms with van der Waals surface area (Å²) in [5.74, 6) is -0.356. The summed E-state index contributed by atoms with van der Waals surface area (Å²) in [4.78, 5) is 20.0. The summed E-state index contributed by atoms with van der Waals surface area (Å²) in [5, 5.41) is 2.92. The van der Waals surface area contributed by atoms with Gasteiger partial charge in [-0.3, -0.25) is 14.7 Å². The molecule has 0 radical (unpaired) electrons. The Hall–Kier alpha value is -3.23. The van der Waals surface area contributed by atoms with E-state index >= 15 is 0 Å². The van der Waals surface area contributed by atoms with Gasteiger partial charge in [0.2, 0.25) is 0 Å². The summed E-state index contributed by atoms with van der Waals surface area (Å²) >= 11 is 0. The van der Waals surface area contributed by atoms with Crippen LogP contribution in [0.25, 0.3) is 22.4 Å². The highest BCUT2D eigenvalue weighted by molar-refractivity contribution is 6.02. The monoisotopic (exact) mass is 469 g/mol. The third-order valence-electron chi connectivity index (χ3n) is 5.82. The molecule has 34 heavy (non-hydrogen) atoms. The highest BCUT2D eigenvalue weighted by Gasteiger charge is 2.31. The second-order valence-electron chi connectivity index (χ2n) is 8.17. The molecule has 0 aliphatic carbocycles. The molecule has 1 aromatic heterocycles. The number of amides is 1. The van der Waals surface area contributed by atoms with Gasteiger partial charge in [-0.05, 0) is 36.2 Å². The number of nitrogens with zero attached hydrogens (tertiary/aromatic N) is 2. The predicted molar refractivity (Wildman–Crippen MR) is 124 cm³/mol. The molecule has 3 aromatic rings. The normalized spacial score (nSPS) is 14.7. The molecule has 1 N–H and O–H groups in total. The Labute approximate surface area is 196 Å². The fourth-order valence-corrected chi connectivity index (χ4v) is 4.05. The molecule has 0 saturated carbocycles. The number of carbonyl (C=O) groups excluding carboxylic acids is 1. The van der Waals surface area contributed by atoms with Crippen LogP contribution in [-0.2, 0) is 10.9 Å². The topological polar surface area (TPSA) is 54.5 Å². The van der Waals surface area contributed by atoms with Crippen molar-refractivity contribution in [3.8, 4) is 22.4 Å². The van der Waals surface area contributed by atoms with E-state index in [-0.39, 0.29) is 11.5 Å². The van der Waals surface area contributed by atoms with Gasteiger partial charge >= 0.3 is 6.18 Å².